The third-order valence-corrected chi connectivity index (χ3v) is 4.69. The maximum absolute atomic E-state index is 12.4. The molecule has 1 atom stereocenters. The first-order valence-corrected chi connectivity index (χ1v) is 7.74. The van der Waals surface area contributed by atoms with Gasteiger partial charge in [0.15, 0.2) is 0 Å². The molecule has 0 saturated heterocycles. The van der Waals surface area contributed by atoms with Crippen LogP contribution in [-0.2, 0) is 11.3 Å². The molecule has 1 saturated carbocycles. The van der Waals surface area contributed by atoms with E-state index in [4.69, 9.17) is 11.6 Å². The van der Waals surface area contributed by atoms with Gasteiger partial charge in [0.1, 0.15) is 5.78 Å². The van der Waals surface area contributed by atoms with Crippen LogP contribution in [0.3, 0.4) is 0 Å². The lowest BCUT2D eigenvalue weighted by molar-refractivity contribution is -0.134. The topological polar surface area (TPSA) is 20.3 Å². The predicted octanol–water partition coefficient (Wildman–Crippen LogP) is 4.17. The van der Waals surface area contributed by atoms with E-state index in [-0.39, 0.29) is 11.3 Å². The third kappa shape index (κ3) is 3.62. The second-order valence-electron chi connectivity index (χ2n) is 6.63. The van der Waals surface area contributed by atoms with Gasteiger partial charge in [-0.05, 0) is 31.5 Å². The molecule has 0 amide bonds. The van der Waals surface area contributed by atoms with Gasteiger partial charge in [-0.1, -0.05) is 50.1 Å². The SMILES string of the molecule is CN(Cc1ccccc1Cl)CC1CCCC(C)(C)C1=O. The fraction of sp³-hybridized carbons (Fsp3) is 0.588. The van der Waals surface area contributed by atoms with Crippen molar-refractivity contribution >= 4 is 17.4 Å². The van der Waals surface area contributed by atoms with Crippen LogP contribution in [0.15, 0.2) is 24.3 Å². The maximum Gasteiger partial charge on any atom is 0.142 e. The number of hydrogen-bond acceptors (Lipinski definition) is 2. The molecule has 0 aromatic heterocycles. The van der Waals surface area contributed by atoms with Crippen molar-refractivity contribution < 1.29 is 4.79 Å². The zero-order chi connectivity index (χ0) is 14.8. The van der Waals surface area contributed by atoms with Crippen molar-refractivity contribution in [3.8, 4) is 0 Å². The molecule has 1 aromatic rings. The molecule has 1 unspecified atom stereocenters. The van der Waals surface area contributed by atoms with E-state index in [1.807, 2.05) is 24.3 Å². The average Bonchev–Trinajstić information content (AvgIpc) is 2.38. The van der Waals surface area contributed by atoms with Gasteiger partial charge in [0.25, 0.3) is 0 Å². The highest BCUT2D eigenvalue weighted by Crippen LogP contribution is 2.35. The lowest BCUT2D eigenvalue weighted by atomic mass is 9.71. The van der Waals surface area contributed by atoms with Crippen LogP contribution in [-0.4, -0.2) is 24.3 Å². The summed E-state index contributed by atoms with van der Waals surface area (Å²) in [4.78, 5) is 14.7. The Balaban J connectivity index is 1.96. The third-order valence-electron chi connectivity index (χ3n) is 4.32. The van der Waals surface area contributed by atoms with Crippen LogP contribution in [0.4, 0.5) is 0 Å². The predicted molar refractivity (Wildman–Crippen MR) is 83.9 cm³/mol. The summed E-state index contributed by atoms with van der Waals surface area (Å²) in [5, 5.41) is 0.801. The van der Waals surface area contributed by atoms with Crippen LogP contribution < -0.4 is 0 Å². The number of hydrogen-bond donors (Lipinski definition) is 0. The molecule has 20 heavy (non-hydrogen) atoms. The highest BCUT2D eigenvalue weighted by atomic mass is 35.5. The van der Waals surface area contributed by atoms with Crippen molar-refractivity contribution in [2.45, 2.75) is 39.7 Å². The largest absolute Gasteiger partial charge is 0.301 e. The molecule has 1 aliphatic rings. The normalized spacial score (nSPS) is 22.2. The Morgan fingerprint density at radius 1 is 1.35 bits per heavy atom. The van der Waals surface area contributed by atoms with Crippen LogP contribution in [0.25, 0.3) is 0 Å². The molecule has 0 aliphatic heterocycles. The second-order valence-corrected chi connectivity index (χ2v) is 7.03. The summed E-state index contributed by atoms with van der Waals surface area (Å²) in [5.41, 5.74) is 0.980. The number of benzene rings is 1. The van der Waals surface area contributed by atoms with E-state index in [1.54, 1.807) is 0 Å². The molecule has 1 fully saturated rings. The molecule has 0 spiro atoms. The van der Waals surface area contributed by atoms with Gasteiger partial charge >= 0.3 is 0 Å². The summed E-state index contributed by atoms with van der Waals surface area (Å²) in [7, 11) is 2.07. The molecular formula is C17H24ClNO. The van der Waals surface area contributed by atoms with Crippen molar-refractivity contribution in [2.75, 3.05) is 13.6 Å². The molecule has 110 valence electrons. The fourth-order valence-corrected chi connectivity index (χ4v) is 3.33. The number of rotatable bonds is 4. The van der Waals surface area contributed by atoms with Gasteiger partial charge in [-0.2, -0.15) is 0 Å². The molecule has 0 heterocycles. The number of carbonyl (C=O) groups excluding carboxylic acids is 1. The fourth-order valence-electron chi connectivity index (χ4n) is 3.13. The van der Waals surface area contributed by atoms with E-state index in [2.05, 4.69) is 25.8 Å². The van der Waals surface area contributed by atoms with Crippen molar-refractivity contribution in [2.24, 2.45) is 11.3 Å². The Labute approximate surface area is 127 Å². The van der Waals surface area contributed by atoms with Crippen molar-refractivity contribution in [3.05, 3.63) is 34.9 Å². The smallest absolute Gasteiger partial charge is 0.142 e. The number of ketones is 1. The first kappa shape index (κ1) is 15.5. The Morgan fingerprint density at radius 3 is 2.75 bits per heavy atom. The standard InChI is InChI=1S/C17H24ClNO/c1-17(2)10-6-8-14(16(17)20)12-19(3)11-13-7-4-5-9-15(13)18/h4-5,7,9,14H,6,8,10-12H2,1-3H3. The van der Waals surface area contributed by atoms with Gasteiger partial charge in [-0.15, -0.1) is 0 Å². The molecule has 3 heteroatoms. The van der Waals surface area contributed by atoms with E-state index in [1.165, 1.54) is 0 Å². The van der Waals surface area contributed by atoms with E-state index in [0.29, 0.717) is 5.78 Å². The van der Waals surface area contributed by atoms with Crippen molar-refractivity contribution in [1.29, 1.82) is 0 Å². The Morgan fingerprint density at radius 2 is 2.05 bits per heavy atom. The van der Waals surface area contributed by atoms with Gasteiger partial charge < -0.3 is 4.90 Å². The lowest BCUT2D eigenvalue weighted by Crippen LogP contribution is -2.40. The number of nitrogens with zero attached hydrogens (tertiary/aromatic N) is 1. The summed E-state index contributed by atoms with van der Waals surface area (Å²) in [6, 6.07) is 7.91. The molecule has 0 N–H and O–H groups in total. The minimum atomic E-state index is -0.145. The van der Waals surface area contributed by atoms with Gasteiger partial charge in [0, 0.05) is 29.4 Å². The zero-order valence-corrected chi connectivity index (χ0v) is 13.4. The quantitative estimate of drug-likeness (QED) is 0.830. The van der Waals surface area contributed by atoms with Crippen LogP contribution >= 0.6 is 11.6 Å². The Kier molecular flexibility index (Phi) is 4.87. The second kappa shape index (κ2) is 6.28. The van der Waals surface area contributed by atoms with Crippen LogP contribution in [0, 0.1) is 11.3 Å². The highest BCUT2D eigenvalue weighted by Gasteiger charge is 2.37. The molecule has 1 aromatic carbocycles. The Hall–Kier alpha value is -0.860. The van der Waals surface area contributed by atoms with Gasteiger partial charge in [-0.3, -0.25) is 4.79 Å². The summed E-state index contributed by atoms with van der Waals surface area (Å²) in [6.07, 6.45) is 3.20. The van der Waals surface area contributed by atoms with Crippen molar-refractivity contribution in [3.63, 3.8) is 0 Å². The van der Waals surface area contributed by atoms with Crippen LogP contribution in [0.5, 0.6) is 0 Å². The molecule has 2 nitrogen and oxygen atoms in total. The van der Waals surface area contributed by atoms with Crippen LogP contribution in [0.1, 0.15) is 38.7 Å². The van der Waals surface area contributed by atoms with E-state index < -0.39 is 0 Å². The van der Waals surface area contributed by atoms with Crippen LogP contribution in [0.2, 0.25) is 5.02 Å². The summed E-state index contributed by atoms with van der Waals surface area (Å²) >= 11 is 6.19. The zero-order valence-electron chi connectivity index (χ0n) is 12.7. The van der Waals surface area contributed by atoms with E-state index >= 15 is 0 Å². The number of halogens is 1. The first-order valence-electron chi connectivity index (χ1n) is 7.36. The lowest BCUT2D eigenvalue weighted by Gasteiger charge is -2.35. The van der Waals surface area contributed by atoms with E-state index in [0.717, 1.165) is 42.9 Å². The van der Waals surface area contributed by atoms with Crippen molar-refractivity contribution in [1.82, 2.24) is 4.90 Å². The number of Topliss-reactive ketones (excluding diaryl/α,β-unsaturated/α-hetero) is 1. The summed E-state index contributed by atoms with van der Waals surface area (Å²) < 4.78 is 0. The molecule has 2 rings (SSSR count). The van der Waals surface area contributed by atoms with Gasteiger partial charge in [0.2, 0.25) is 0 Å². The van der Waals surface area contributed by atoms with Gasteiger partial charge in [-0.25, -0.2) is 0 Å². The molecule has 0 radical (unpaired) electrons. The number of carbonyl (C=O) groups is 1. The minimum absolute atomic E-state index is 0.145. The van der Waals surface area contributed by atoms with E-state index in [9.17, 15) is 4.79 Å². The van der Waals surface area contributed by atoms with Gasteiger partial charge in [0.05, 0.1) is 0 Å². The minimum Gasteiger partial charge on any atom is -0.301 e. The monoisotopic (exact) mass is 293 g/mol. The first-order chi connectivity index (χ1) is 9.40. The molecule has 0 bridgehead atoms. The molecule has 1 aliphatic carbocycles. The maximum atomic E-state index is 12.4. The highest BCUT2D eigenvalue weighted by molar-refractivity contribution is 6.31. The summed E-state index contributed by atoms with van der Waals surface area (Å²) in [6.45, 7) is 5.78. The average molecular weight is 294 g/mol. The summed E-state index contributed by atoms with van der Waals surface area (Å²) in [5.74, 6) is 0.598. The Bertz CT molecular complexity index is 484. The molecular weight excluding hydrogens is 270 g/mol.